The first-order valence-electron chi connectivity index (χ1n) is 9.77. The van der Waals surface area contributed by atoms with Gasteiger partial charge in [0.1, 0.15) is 5.75 Å². The van der Waals surface area contributed by atoms with Crippen molar-refractivity contribution in [2.75, 3.05) is 6.61 Å². The minimum Gasteiger partial charge on any atom is -0.483 e. The highest BCUT2D eigenvalue weighted by atomic mass is 19.4. The number of alkyl halides is 3. The van der Waals surface area contributed by atoms with Crippen LogP contribution in [0.4, 0.5) is 13.2 Å². The third-order valence-corrected chi connectivity index (χ3v) is 4.89. The van der Waals surface area contributed by atoms with Gasteiger partial charge in [0.15, 0.2) is 6.61 Å². The number of aryl methyl sites for hydroxylation is 1. The second-order valence-electron chi connectivity index (χ2n) is 8.28. The van der Waals surface area contributed by atoms with Crippen molar-refractivity contribution in [2.24, 2.45) is 11.0 Å². The zero-order valence-electron chi connectivity index (χ0n) is 17.5. The summed E-state index contributed by atoms with van der Waals surface area (Å²) in [7, 11) is 0. The first kappa shape index (κ1) is 23.2. The molecular formula is C21H29F3N2O3. The quantitative estimate of drug-likeness (QED) is 0.699. The van der Waals surface area contributed by atoms with E-state index in [4.69, 9.17) is 4.74 Å². The maximum absolute atomic E-state index is 13.6. The monoisotopic (exact) mass is 414 g/mol. The molecule has 1 amide bonds. The summed E-state index contributed by atoms with van der Waals surface area (Å²) in [5.74, 6) is -0.228. The predicted molar refractivity (Wildman–Crippen MR) is 105 cm³/mol. The van der Waals surface area contributed by atoms with Crippen molar-refractivity contribution in [3.05, 3.63) is 29.3 Å². The van der Waals surface area contributed by atoms with Crippen molar-refractivity contribution in [1.82, 2.24) is 5.01 Å². The van der Waals surface area contributed by atoms with Gasteiger partial charge in [0.05, 0.1) is 0 Å². The van der Waals surface area contributed by atoms with Gasteiger partial charge in [-0.1, -0.05) is 39.8 Å². The second kappa shape index (κ2) is 8.73. The Kier molecular flexibility index (Phi) is 6.98. The molecule has 1 N–H and O–H groups in total. The number of carbonyl (C=O) groups is 1. The molecule has 0 spiro atoms. The van der Waals surface area contributed by atoms with Gasteiger partial charge >= 0.3 is 6.18 Å². The molecule has 162 valence electrons. The first-order chi connectivity index (χ1) is 13.3. The summed E-state index contributed by atoms with van der Waals surface area (Å²) in [4.78, 5) is 12.6. The van der Waals surface area contributed by atoms with Crippen LogP contribution in [0.5, 0.6) is 5.75 Å². The molecule has 29 heavy (non-hydrogen) atoms. The van der Waals surface area contributed by atoms with Crippen LogP contribution >= 0.6 is 0 Å². The number of rotatable bonds is 7. The summed E-state index contributed by atoms with van der Waals surface area (Å²) < 4.78 is 46.2. The molecule has 5 nitrogen and oxygen atoms in total. The van der Waals surface area contributed by atoms with E-state index in [1.807, 2.05) is 46.8 Å². The molecule has 1 heterocycles. The summed E-state index contributed by atoms with van der Waals surface area (Å²) >= 11 is 0. The summed E-state index contributed by atoms with van der Waals surface area (Å²) in [5.41, 5.74) is -1.44. The predicted octanol–water partition coefficient (Wildman–Crippen LogP) is 4.77. The van der Waals surface area contributed by atoms with Crippen LogP contribution in [-0.4, -0.2) is 40.2 Å². The number of amides is 1. The van der Waals surface area contributed by atoms with E-state index < -0.39 is 30.8 Å². The highest BCUT2D eigenvalue weighted by Gasteiger charge is 2.63. The molecule has 8 heteroatoms. The van der Waals surface area contributed by atoms with E-state index in [2.05, 4.69) is 5.10 Å². The number of ether oxygens (including phenoxy) is 1. The van der Waals surface area contributed by atoms with E-state index in [0.717, 1.165) is 11.1 Å². The van der Waals surface area contributed by atoms with Crippen LogP contribution in [0.2, 0.25) is 0 Å². The Morgan fingerprint density at radius 2 is 1.97 bits per heavy atom. The van der Waals surface area contributed by atoms with Gasteiger partial charge in [-0.15, -0.1) is 0 Å². The normalized spacial score (nSPS) is 19.8. The third-order valence-electron chi connectivity index (χ3n) is 4.89. The van der Waals surface area contributed by atoms with Crippen LogP contribution in [0, 0.1) is 12.8 Å². The van der Waals surface area contributed by atoms with Gasteiger partial charge in [0.2, 0.25) is 0 Å². The molecule has 0 saturated carbocycles. The summed E-state index contributed by atoms with van der Waals surface area (Å²) in [6.45, 7) is 8.99. The summed E-state index contributed by atoms with van der Waals surface area (Å²) in [6.07, 6.45) is -4.86. The molecule has 1 aliphatic rings. The van der Waals surface area contributed by atoms with Crippen LogP contribution in [-0.2, 0) is 4.79 Å². The molecule has 1 aromatic rings. The molecule has 0 aromatic heterocycles. The number of benzene rings is 1. The van der Waals surface area contributed by atoms with Crippen molar-refractivity contribution in [3.63, 3.8) is 0 Å². The molecule has 1 unspecified atom stereocenters. The Morgan fingerprint density at radius 3 is 2.52 bits per heavy atom. The van der Waals surface area contributed by atoms with Crippen LogP contribution in [0.15, 0.2) is 23.3 Å². The molecule has 1 aliphatic heterocycles. The molecule has 0 radical (unpaired) electrons. The number of carbonyl (C=O) groups excluding carboxylic acids is 1. The molecule has 1 atom stereocenters. The van der Waals surface area contributed by atoms with Gasteiger partial charge in [0, 0.05) is 12.1 Å². The Bertz CT molecular complexity index is 775. The Balaban J connectivity index is 2.21. The van der Waals surface area contributed by atoms with Crippen LogP contribution in [0.1, 0.15) is 64.0 Å². The van der Waals surface area contributed by atoms with Crippen molar-refractivity contribution in [2.45, 2.75) is 71.7 Å². The van der Waals surface area contributed by atoms with Gasteiger partial charge in [-0.25, -0.2) is 0 Å². The SMILES string of the molecule is Cc1ccc(C(C)C)c(OCC(=O)N2N=C(CCC(C)C)CC2(O)C(F)(F)F)c1. The molecule has 2 rings (SSSR count). The standard InChI is InChI=1S/C21H29F3N2O3/c1-13(2)6-8-16-11-20(28,21(22,23)24)26(25-16)19(27)12-29-18-10-15(5)7-9-17(18)14(3)4/h7,9-10,13-14,28H,6,8,11-12H2,1-5H3. The van der Waals surface area contributed by atoms with E-state index in [1.165, 1.54) is 0 Å². The van der Waals surface area contributed by atoms with Gasteiger partial charge in [0.25, 0.3) is 11.6 Å². The number of hydrogen-bond acceptors (Lipinski definition) is 4. The lowest BCUT2D eigenvalue weighted by Gasteiger charge is -2.32. The number of hydrogen-bond donors (Lipinski definition) is 1. The van der Waals surface area contributed by atoms with Crippen molar-refractivity contribution in [3.8, 4) is 5.75 Å². The fourth-order valence-corrected chi connectivity index (χ4v) is 3.14. The zero-order valence-corrected chi connectivity index (χ0v) is 17.5. The Labute approximate surface area is 169 Å². The number of nitrogens with zero attached hydrogens (tertiary/aromatic N) is 2. The summed E-state index contributed by atoms with van der Waals surface area (Å²) in [5, 5.41) is 14.3. The molecule has 0 fully saturated rings. The number of hydrazone groups is 1. The van der Waals surface area contributed by atoms with Crippen molar-refractivity contribution < 1.29 is 27.8 Å². The lowest BCUT2D eigenvalue weighted by Crippen LogP contribution is -2.57. The highest BCUT2D eigenvalue weighted by Crippen LogP contribution is 2.41. The Hall–Kier alpha value is -2.09. The van der Waals surface area contributed by atoms with Gasteiger partial charge in [-0.2, -0.15) is 23.3 Å². The average Bonchev–Trinajstić information content (AvgIpc) is 2.95. The zero-order chi connectivity index (χ0) is 22.0. The van der Waals surface area contributed by atoms with E-state index >= 15 is 0 Å². The third kappa shape index (κ3) is 5.29. The highest BCUT2D eigenvalue weighted by molar-refractivity contribution is 5.91. The molecule has 1 aromatic carbocycles. The van der Waals surface area contributed by atoms with Gasteiger partial charge < -0.3 is 9.84 Å². The van der Waals surface area contributed by atoms with Crippen LogP contribution in [0.25, 0.3) is 0 Å². The second-order valence-corrected chi connectivity index (χ2v) is 8.28. The van der Waals surface area contributed by atoms with E-state index in [-0.39, 0.29) is 29.0 Å². The van der Waals surface area contributed by atoms with E-state index in [0.29, 0.717) is 12.2 Å². The van der Waals surface area contributed by atoms with Crippen LogP contribution < -0.4 is 4.74 Å². The minimum atomic E-state index is -5.03. The maximum atomic E-state index is 13.6. The van der Waals surface area contributed by atoms with Gasteiger partial charge in [-0.3, -0.25) is 4.79 Å². The smallest absolute Gasteiger partial charge is 0.438 e. The lowest BCUT2D eigenvalue weighted by molar-refractivity contribution is -0.302. The number of halogens is 3. The van der Waals surface area contributed by atoms with Crippen LogP contribution in [0.3, 0.4) is 0 Å². The molecule has 0 bridgehead atoms. The van der Waals surface area contributed by atoms with Crippen molar-refractivity contribution >= 4 is 11.6 Å². The first-order valence-corrected chi connectivity index (χ1v) is 9.77. The number of aliphatic hydroxyl groups is 1. The molecular weight excluding hydrogens is 385 g/mol. The van der Waals surface area contributed by atoms with E-state index in [1.54, 1.807) is 6.07 Å². The fraction of sp³-hybridized carbons (Fsp3) is 0.619. The topological polar surface area (TPSA) is 62.1 Å². The fourth-order valence-electron chi connectivity index (χ4n) is 3.14. The average molecular weight is 414 g/mol. The van der Waals surface area contributed by atoms with Gasteiger partial charge in [-0.05, 0) is 48.8 Å². The molecule has 0 saturated heterocycles. The molecule has 0 aliphatic carbocycles. The largest absolute Gasteiger partial charge is 0.483 e. The summed E-state index contributed by atoms with van der Waals surface area (Å²) in [6, 6.07) is 5.50. The minimum absolute atomic E-state index is 0.111. The van der Waals surface area contributed by atoms with Crippen molar-refractivity contribution in [1.29, 1.82) is 0 Å². The maximum Gasteiger partial charge on any atom is 0.438 e. The van der Waals surface area contributed by atoms with E-state index in [9.17, 15) is 23.1 Å². The lowest BCUT2D eigenvalue weighted by atomic mass is 9.99. The Morgan fingerprint density at radius 1 is 1.31 bits per heavy atom.